The van der Waals surface area contributed by atoms with Gasteiger partial charge in [-0.2, -0.15) is 0 Å². The van der Waals surface area contributed by atoms with Crippen LogP contribution in [-0.2, 0) is 20.7 Å². The van der Waals surface area contributed by atoms with E-state index in [1.807, 2.05) is 0 Å². The molecule has 0 saturated carbocycles. The number of ether oxygens (including phenoxy) is 3. The highest BCUT2D eigenvalue weighted by molar-refractivity contribution is 6.31. The normalized spacial score (nSPS) is 10.2. The van der Waals surface area contributed by atoms with Gasteiger partial charge in [-0.1, -0.05) is 23.7 Å². The van der Waals surface area contributed by atoms with Gasteiger partial charge in [0.25, 0.3) is 5.91 Å². The summed E-state index contributed by atoms with van der Waals surface area (Å²) in [6, 6.07) is 10.3. The number of halogens is 1. The number of anilines is 1. The molecule has 6 nitrogen and oxygen atoms in total. The standard InChI is InChI=1S/C19H20ClNO5/c1-12-14(20)5-4-6-15(12)21-18(22)11-26-19(23)10-13-7-8-16(24-2)17(9-13)25-3/h4-9H,10-11H2,1-3H3,(H,21,22). The molecule has 1 N–H and O–H groups in total. The van der Waals surface area contributed by atoms with Gasteiger partial charge in [0.1, 0.15) is 0 Å². The van der Waals surface area contributed by atoms with Crippen LogP contribution in [0.25, 0.3) is 0 Å². The van der Waals surface area contributed by atoms with Crippen molar-refractivity contribution in [2.45, 2.75) is 13.3 Å². The van der Waals surface area contributed by atoms with Crippen LogP contribution in [0.15, 0.2) is 36.4 Å². The first-order valence-electron chi connectivity index (χ1n) is 7.86. The van der Waals surface area contributed by atoms with Crippen molar-refractivity contribution in [2.75, 3.05) is 26.1 Å². The van der Waals surface area contributed by atoms with Crippen LogP contribution in [0.4, 0.5) is 5.69 Å². The molecule has 2 aromatic rings. The fourth-order valence-electron chi connectivity index (χ4n) is 2.28. The van der Waals surface area contributed by atoms with Gasteiger partial charge in [-0.3, -0.25) is 9.59 Å². The van der Waals surface area contributed by atoms with Gasteiger partial charge in [0.2, 0.25) is 0 Å². The monoisotopic (exact) mass is 377 g/mol. The molecule has 26 heavy (non-hydrogen) atoms. The van der Waals surface area contributed by atoms with Crippen LogP contribution in [0.2, 0.25) is 5.02 Å². The molecule has 0 fully saturated rings. The van der Waals surface area contributed by atoms with Gasteiger partial charge in [0.15, 0.2) is 18.1 Å². The third-order valence-corrected chi connectivity index (χ3v) is 4.11. The Morgan fingerprint density at radius 2 is 1.81 bits per heavy atom. The predicted octanol–water partition coefficient (Wildman–Crippen LogP) is 3.39. The molecule has 1 amide bonds. The summed E-state index contributed by atoms with van der Waals surface area (Å²) in [5.74, 6) is 0.138. The zero-order chi connectivity index (χ0) is 19.1. The summed E-state index contributed by atoms with van der Waals surface area (Å²) in [5, 5.41) is 3.22. The highest BCUT2D eigenvalue weighted by Gasteiger charge is 2.12. The first-order valence-corrected chi connectivity index (χ1v) is 8.24. The summed E-state index contributed by atoms with van der Waals surface area (Å²) in [4.78, 5) is 23.9. The largest absolute Gasteiger partial charge is 0.493 e. The number of nitrogens with one attached hydrogen (secondary N) is 1. The molecule has 0 aliphatic heterocycles. The van der Waals surface area contributed by atoms with Crippen molar-refractivity contribution in [3.05, 3.63) is 52.5 Å². The molecule has 0 unspecified atom stereocenters. The van der Waals surface area contributed by atoms with Crippen molar-refractivity contribution < 1.29 is 23.8 Å². The van der Waals surface area contributed by atoms with Gasteiger partial charge in [-0.05, 0) is 42.3 Å². The molecule has 0 atom stereocenters. The van der Waals surface area contributed by atoms with Crippen molar-refractivity contribution >= 4 is 29.2 Å². The van der Waals surface area contributed by atoms with Crippen LogP contribution < -0.4 is 14.8 Å². The molecular weight excluding hydrogens is 358 g/mol. The molecule has 0 aromatic heterocycles. The zero-order valence-corrected chi connectivity index (χ0v) is 15.6. The van der Waals surface area contributed by atoms with E-state index in [1.165, 1.54) is 14.2 Å². The van der Waals surface area contributed by atoms with Crippen molar-refractivity contribution in [1.82, 2.24) is 0 Å². The summed E-state index contributed by atoms with van der Waals surface area (Å²) < 4.78 is 15.4. The molecule has 2 rings (SSSR count). The van der Waals surface area contributed by atoms with Crippen molar-refractivity contribution in [3.63, 3.8) is 0 Å². The quantitative estimate of drug-likeness (QED) is 0.749. The van der Waals surface area contributed by atoms with Crippen LogP contribution in [0.1, 0.15) is 11.1 Å². The minimum absolute atomic E-state index is 0.0177. The number of esters is 1. The summed E-state index contributed by atoms with van der Waals surface area (Å²) in [5.41, 5.74) is 2.02. The van der Waals surface area contributed by atoms with Gasteiger partial charge >= 0.3 is 5.97 Å². The Balaban J connectivity index is 1.88. The van der Waals surface area contributed by atoms with Gasteiger partial charge in [0, 0.05) is 10.7 Å². The number of carbonyl (C=O) groups excluding carboxylic acids is 2. The van der Waals surface area contributed by atoms with E-state index >= 15 is 0 Å². The summed E-state index contributed by atoms with van der Waals surface area (Å²) in [7, 11) is 3.05. The highest BCUT2D eigenvalue weighted by atomic mass is 35.5. The van der Waals surface area contributed by atoms with E-state index in [9.17, 15) is 9.59 Å². The Kier molecular flexibility index (Phi) is 6.86. The topological polar surface area (TPSA) is 73.9 Å². The molecule has 0 bridgehead atoms. The zero-order valence-electron chi connectivity index (χ0n) is 14.8. The number of rotatable bonds is 7. The smallest absolute Gasteiger partial charge is 0.310 e. The van der Waals surface area contributed by atoms with E-state index in [0.29, 0.717) is 27.8 Å². The van der Waals surface area contributed by atoms with Crippen LogP contribution in [-0.4, -0.2) is 32.7 Å². The molecular formula is C19H20ClNO5. The third-order valence-electron chi connectivity index (χ3n) is 3.70. The fraction of sp³-hybridized carbons (Fsp3) is 0.263. The second-order valence-corrected chi connectivity index (χ2v) is 5.89. The fourth-order valence-corrected chi connectivity index (χ4v) is 2.46. The molecule has 0 aliphatic rings. The lowest BCUT2D eigenvalue weighted by molar-refractivity contribution is -0.146. The van der Waals surface area contributed by atoms with Crippen LogP contribution in [0.5, 0.6) is 11.5 Å². The van der Waals surface area contributed by atoms with Gasteiger partial charge in [0.05, 0.1) is 20.6 Å². The lowest BCUT2D eigenvalue weighted by Gasteiger charge is -2.11. The molecule has 0 aliphatic carbocycles. The van der Waals surface area contributed by atoms with Crippen molar-refractivity contribution in [1.29, 1.82) is 0 Å². The number of carbonyl (C=O) groups is 2. The number of methoxy groups -OCH3 is 2. The minimum atomic E-state index is -0.518. The maximum Gasteiger partial charge on any atom is 0.310 e. The first kappa shape index (κ1) is 19.6. The van der Waals surface area contributed by atoms with Crippen LogP contribution >= 0.6 is 11.6 Å². The van der Waals surface area contributed by atoms with Gasteiger partial charge in [-0.15, -0.1) is 0 Å². The maximum absolute atomic E-state index is 11.9. The molecule has 0 spiro atoms. The van der Waals surface area contributed by atoms with E-state index in [4.69, 9.17) is 25.8 Å². The average Bonchev–Trinajstić information content (AvgIpc) is 2.63. The third kappa shape index (κ3) is 5.13. The highest BCUT2D eigenvalue weighted by Crippen LogP contribution is 2.27. The van der Waals surface area contributed by atoms with Gasteiger partial charge < -0.3 is 19.5 Å². The van der Waals surface area contributed by atoms with Crippen LogP contribution in [0.3, 0.4) is 0 Å². The molecule has 7 heteroatoms. The first-order chi connectivity index (χ1) is 12.4. The van der Waals surface area contributed by atoms with Crippen molar-refractivity contribution in [2.24, 2.45) is 0 Å². The van der Waals surface area contributed by atoms with E-state index in [0.717, 1.165) is 5.56 Å². The second-order valence-electron chi connectivity index (χ2n) is 5.49. The van der Waals surface area contributed by atoms with E-state index < -0.39 is 11.9 Å². The summed E-state index contributed by atoms with van der Waals surface area (Å²) in [6.45, 7) is 1.42. The lowest BCUT2D eigenvalue weighted by atomic mass is 10.1. The Morgan fingerprint density at radius 3 is 2.50 bits per heavy atom. The number of hydrogen-bond acceptors (Lipinski definition) is 5. The molecule has 2 aromatic carbocycles. The molecule has 138 valence electrons. The van der Waals surface area contributed by atoms with E-state index in [1.54, 1.807) is 43.3 Å². The van der Waals surface area contributed by atoms with Crippen LogP contribution in [0, 0.1) is 6.92 Å². The number of benzene rings is 2. The molecule has 0 saturated heterocycles. The SMILES string of the molecule is COc1ccc(CC(=O)OCC(=O)Nc2cccc(Cl)c2C)cc1OC. The van der Waals surface area contributed by atoms with E-state index in [2.05, 4.69) is 5.32 Å². The predicted molar refractivity (Wildman–Crippen MR) is 99.0 cm³/mol. The van der Waals surface area contributed by atoms with Gasteiger partial charge in [-0.25, -0.2) is 0 Å². The van der Waals surface area contributed by atoms with E-state index in [-0.39, 0.29) is 13.0 Å². The summed E-state index contributed by atoms with van der Waals surface area (Å²) >= 11 is 6.01. The Morgan fingerprint density at radius 1 is 1.08 bits per heavy atom. The van der Waals surface area contributed by atoms with Crippen molar-refractivity contribution in [3.8, 4) is 11.5 Å². The average molecular weight is 378 g/mol. The minimum Gasteiger partial charge on any atom is -0.493 e. The second kappa shape index (κ2) is 9.10. The Labute approximate surface area is 157 Å². The number of hydrogen-bond donors (Lipinski definition) is 1. The maximum atomic E-state index is 11.9. The Hall–Kier alpha value is -2.73. The molecule has 0 radical (unpaired) electrons. The number of amides is 1. The molecule has 0 heterocycles. The lowest BCUT2D eigenvalue weighted by Crippen LogP contribution is -2.22. The Bertz CT molecular complexity index is 807. The summed E-state index contributed by atoms with van der Waals surface area (Å²) in [6.07, 6.45) is 0.0177.